The van der Waals surface area contributed by atoms with Crippen LogP contribution < -0.4 is 0 Å². The molecule has 0 saturated heterocycles. The summed E-state index contributed by atoms with van der Waals surface area (Å²) in [5, 5.41) is 0. The second-order valence-electron chi connectivity index (χ2n) is 15.8. The Labute approximate surface area is 339 Å². The number of ether oxygens (including phenoxy) is 2. The maximum absolute atomic E-state index is 12.7. The SMILES string of the molecule is CCCCC/C=C/C/C=C/C/C=C/C/C=C/CCCCCC(=O)O[C@H](CO/C=C/CCCCCCCCCCCCCC)COP(=O)(O)OCC[N+](C)(C)C. The van der Waals surface area contributed by atoms with Crippen molar-refractivity contribution in [1.82, 2.24) is 0 Å². The molecular weight excluding hydrogens is 709 g/mol. The summed E-state index contributed by atoms with van der Waals surface area (Å²) < 4.78 is 34.7. The number of unbranched alkanes of at least 4 members (excludes halogenated alkanes) is 18. The maximum Gasteiger partial charge on any atom is 0.472 e. The Morgan fingerprint density at radius 3 is 1.55 bits per heavy atom. The lowest BCUT2D eigenvalue weighted by Crippen LogP contribution is -2.37. The third-order valence-corrected chi connectivity index (χ3v) is 10.1. The molecule has 1 unspecified atom stereocenters. The zero-order valence-electron chi connectivity index (χ0n) is 36.1. The predicted molar refractivity (Wildman–Crippen MR) is 233 cm³/mol. The van der Waals surface area contributed by atoms with E-state index in [4.69, 9.17) is 18.5 Å². The minimum atomic E-state index is -4.30. The highest BCUT2D eigenvalue weighted by atomic mass is 31.2. The molecule has 1 N–H and O–H groups in total. The average molecular weight is 795 g/mol. The monoisotopic (exact) mass is 795 g/mol. The molecule has 0 amide bonds. The molecule has 0 radical (unpaired) electrons. The van der Waals surface area contributed by atoms with Crippen LogP contribution in [0.2, 0.25) is 0 Å². The quantitative estimate of drug-likeness (QED) is 0.0165. The number of carbonyl (C=O) groups excluding carboxylic acids is 1. The van der Waals surface area contributed by atoms with Crippen LogP contribution in [-0.4, -0.2) is 69.0 Å². The van der Waals surface area contributed by atoms with Gasteiger partial charge >= 0.3 is 13.8 Å². The van der Waals surface area contributed by atoms with Crippen LogP contribution in [0, 0.1) is 0 Å². The van der Waals surface area contributed by atoms with E-state index in [9.17, 15) is 14.3 Å². The molecule has 0 aliphatic rings. The smallest absolute Gasteiger partial charge is 0.472 e. The summed E-state index contributed by atoms with van der Waals surface area (Å²) >= 11 is 0. The van der Waals surface area contributed by atoms with Gasteiger partial charge in [0.1, 0.15) is 19.8 Å². The van der Waals surface area contributed by atoms with Crippen molar-refractivity contribution in [3.63, 3.8) is 0 Å². The van der Waals surface area contributed by atoms with Gasteiger partial charge in [-0.3, -0.25) is 13.8 Å². The standard InChI is InChI=1S/C46H84NO7P/c1-6-8-10-12-14-16-18-20-22-23-24-25-26-27-29-31-33-35-37-39-46(48)54-45(44-53-55(49,50)52-42-40-47(3,4)5)43-51-41-38-36-34-32-30-28-21-19-17-15-13-11-9-7-2/h14,16,20,22,24-25,27,29,38,41,45H,6-13,15,17-19,21,23,26,28,30-37,39-40,42-44H2,1-5H3/p+1/b16-14+,22-20+,25-24+,29-27+,41-38+/t45-/m1/s1. The van der Waals surface area contributed by atoms with E-state index in [-0.39, 0.29) is 32.2 Å². The van der Waals surface area contributed by atoms with Crippen LogP contribution in [0.25, 0.3) is 0 Å². The average Bonchev–Trinajstić information content (AvgIpc) is 3.13. The van der Waals surface area contributed by atoms with Crippen LogP contribution in [0.4, 0.5) is 0 Å². The fourth-order valence-corrected chi connectivity index (χ4v) is 6.42. The Morgan fingerprint density at radius 1 is 0.582 bits per heavy atom. The highest BCUT2D eigenvalue weighted by Gasteiger charge is 2.26. The van der Waals surface area contributed by atoms with E-state index in [1.54, 1.807) is 6.26 Å². The topological polar surface area (TPSA) is 91.3 Å². The van der Waals surface area contributed by atoms with Gasteiger partial charge in [-0.15, -0.1) is 0 Å². The Morgan fingerprint density at radius 2 is 1.02 bits per heavy atom. The minimum absolute atomic E-state index is 0.0334. The van der Waals surface area contributed by atoms with Crippen LogP contribution >= 0.6 is 7.82 Å². The third kappa shape index (κ3) is 43.0. The second kappa shape index (κ2) is 38.9. The molecule has 9 heteroatoms. The molecule has 0 aromatic heterocycles. The van der Waals surface area contributed by atoms with Crippen molar-refractivity contribution in [2.45, 2.75) is 180 Å². The van der Waals surface area contributed by atoms with E-state index >= 15 is 0 Å². The number of quaternary nitrogens is 1. The lowest BCUT2D eigenvalue weighted by molar-refractivity contribution is -0.870. The fourth-order valence-electron chi connectivity index (χ4n) is 5.68. The normalized spacial score (nSPS) is 14.3. The van der Waals surface area contributed by atoms with Gasteiger partial charge in [0.2, 0.25) is 0 Å². The maximum atomic E-state index is 12.7. The third-order valence-electron chi connectivity index (χ3n) is 9.15. The van der Waals surface area contributed by atoms with Gasteiger partial charge in [0.15, 0.2) is 6.10 Å². The molecule has 0 spiro atoms. The molecule has 0 saturated carbocycles. The molecule has 0 fully saturated rings. The Kier molecular flexibility index (Phi) is 37.5. The van der Waals surface area contributed by atoms with Crippen molar-refractivity contribution in [2.75, 3.05) is 47.5 Å². The van der Waals surface area contributed by atoms with Crippen molar-refractivity contribution in [3.8, 4) is 0 Å². The number of allylic oxidation sites excluding steroid dienone is 9. The first kappa shape index (κ1) is 53.0. The van der Waals surface area contributed by atoms with Crippen molar-refractivity contribution in [3.05, 3.63) is 60.9 Å². The molecule has 320 valence electrons. The first-order valence-electron chi connectivity index (χ1n) is 22.1. The van der Waals surface area contributed by atoms with Crippen molar-refractivity contribution in [2.24, 2.45) is 0 Å². The lowest BCUT2D eigenvalue weighted by atomic mass is 10.0. The van der Waals surface area contributed by atoms with E-state index in [1.807, 2.05) is 27.2 Å². The number of hydrogen-bond acceptors (Lipinski definition) is 6. The van der Waals surface area contributed by atoms with Gasteiger partial charge in [0.05, 0.1) is 34.0 Å². The Bertz CT molecular complexity index is 1060. The largest absolute Gasteiger partial charge is 0.498 e. The van der Waals surface area contributed by atoms with Crippen LogP contribution in [0.1, 0.15) is 174 Å². The number of rotatable bonds is 40. The summed E-state index contributed by atoms with van der Waals surface area (Å²) in [6, 6.07) is 0. The molecule has 8 nitrogen and oxygen atoms in total. The summed E-state index contributed by atoms with van der Waals surface area (Å²) in [6.45, 7) is 4.86. The van der Waals surface area contributed by atoms with Crippen LogP contribution in [0.3, 0.4) is 0 Å². The fraction of sp³-hybridized carbons (Fsp3) is 0.761. The summed E-state index contributed by atoms with van der Waals surface area (Å²) in [6.07, 6.45) is 49.2. The lowest BCUT2D eigenvalue weighted by Gasteiger charge is -2.24. The van der Waals surface area contributed by atoms with Crippen molar-refractivity contribution < 1.29 is 37.3 Å². The first-order valence-corrected chi connectivity index (χ1v) is 23.6. The molecule has 0 bridgehead atoms. The molecule has 55 heavy (non-hydrogen) atoms. The van der Waals surface area contributed by atoms with E-state index in [0.29, 0.717) is 17.4 Å². The minimum Gasteiger partial charge on any atom is -0.498 e. The summed E-state index contributed by atoms with van der Waals surface area (Å²) in [5.41, 5.74) is 0. The molecule has 0 aliphatic heterocycles. The molecular formula is C46H85NO7P+. The van der Waals surface area contributed by atoms with E-state index in [2.05, 4.69) is 62.5 Å². The summed E-state index contributed by atoms with van der Waals surface area (Å²) in [4.78, 5) is 22.8. The molecule has 2 atom stereocenters. The van der Waals surface area contributed by atoms with Crippen molar-refractivity contribution in [1.29, 1.82) is 0 Å². The van der Waals surface area contributed by atoms with Gasteiger partial charge in [0.25, 0.3) is 0 Å². The number of esters is 1. The zero-order valence-corrected chi connectivity index (χ0v) is 37.0. The van der Waals surface area contributed by atoms with Crippen LogP contribution in [0.5, 0.6) is 0 Å². The molecule has 0 rings (SSSR count). The second-order valence-corrected chi connectivity index (χ2v) is 17.2. The van der Waals surface area contributed by atoms with E-state index in [1.165, 1.54) is 96.3 Å². The van der Waals surface area contributed by atoms with Gasteiger partial charge in [-0.2, -0.15) is 0 Å². The van der Waals surface area contributed by atoms with Gasteiger partial charge in [-0.1, -0.05) is 152 Å². The Hall–Kier alpha value is -1.96. The first-order chi connectivity index (χ1) is 26.6. The number of likely N-dealkylation sites (N-methyl/N-ethyl adjacent to an activating group) is 1. The summed E-state index contributed by atoms with van der Waals surface area (Å²) in [5.74, 6) is -0.367. The number of nitrogens with zero attached hydrogens (tertiary/aromatic N) is 1. The van der Waals surface area contributed by atoms with Gasteiger partial charge in [-0.25, -0.2) is 4.57 Å². The number of phosphoric ester groups is 1. The number of hydrogen-bond donors (Lipinski definition) is 1. The Balaban J connectivity index is 4.37. The number of phosphoric acid groups is 1. The van der Waals surface area contributed by atoms with Gasteiger partial charge in [0, 0.05) is 6.42 Å². The van der Waals surface area contributed by atoms with E-state index in [0.717, 1.165) is 51.4 Å². The van der Waals surface area contributed by atoms with Crippen LogP contribution in [0.15, 0.2) is 60.9 Å². The molecule has 0 heterocycles. The van der Waals surface area contributed by atoms with Crippen molar-refractivity contribution >= 4 is 13.8 Å². The summed E-state index contributed by atoms with van der Waals surface area (Å²) in [7, 11) is 1.61. The van der Waals surface area contributed by atoms with E-state index < -0.39 is 13.9 Å². The predicted octanol–water partition coefficient (Wildman–Crippen LogP) is 13.3. The molecule has 0 aromatic carbocycles. The number of carbonyl (C=O) groups is 1. The van der Waals surface area contributed by atoms with Crippen LogP contribution in [-0.2, 0) is 27.9 Å². The van der Waals surface area contributed by atoms with Gasteiger partial charge in [-0.05, 0) is 70.3 Å². The highest BCUT2D eigenvalue weighted by molar-refractivity contribution is 7.47. The molecule has 0 aliphatic carbocycles. The van der Waals surface area contributed by atoms with Gasteiger partial charge < -0.3 is 18.9 Å². The highest BCUT2D eigenvalue weighted by Crippen LogP contribution is 2.43. The zero-order chi connectivity index (χ0) is 40.6. The molecule has 0 aromatic rings.